The molecule has 2 aliphatic heterocycles. The SMILES string of the molecule is Cc1cccc(O)c1-c1c(Cl)cc2c(c1F)OC[C@H]1CNCCN1C2. The zero-order valence-electron chi connectivity index (χ0n) is 14.0. The molecule has 6 heteroatoms. The first-order chi connectivity index (χ1) is 12.1. The van der Waals surface area contributed by atoms with Crippen molar-refractivity contribution in [3.05, 3.63) is 46.2 Å². The summed E-state index contributed by atoms with van der Waals surface area (Å²) in [4.78, 5) is 2.29. The van der Waals surface area contributed by atoms with Crippen LogP contribution in [0, 0.1) is 12.7 Å². The van der Waals surface area contributed by atoms with E-state index < -0.39 is 5.82 Å². The molecule has 1 fully saturated rings. The van der Waals surface area contributed by atoms with Crippen molar-refractivity contribution in [2.75, 3.05) is 26.2 Å². The second-order valence-electron chi connectivity index (χ2n) is 6.64. The van der Waals surface area contributed by atoms with Gasteiger partial charge in [-0.05, 0) is 24.6 Å². The van der Waals surface area contributed by atoms with Crippen molar-refractivity contribution in [1.29, 1.82) is 0 Å². The number of aromatic hydroxyl groups is 1. The van der Waals surface area contributed by atoms with Gasteiger partial charge in [-0.3, -0.25) is 4.90 Å². The van der Waals surface area contributed by atoms with Gasteiger partial charge in [-0.2, -0.15) is 0 Å². The highest BCUT2D eigenvalue weighted by Crippen LogP contribution is 2.44. The number of hydrogen-bond acceptors (Lipinski definition) is 4. The van der Waals surface area contributed by atoms with Gasteiger partial charge in [0.15, 0.2) is 11.6 Å². The summed E-state index contributed by atoms with van der Waals surface area (Å²) in [5.41, 5.74) is 2.13. The van der Waals surface area contributed by atoms with E-state index in [-0.39, 0.29) is 28.1 Å². The van der Waals surface area contributed by atoms with Crippen molar-refractivity contribution in [3.8, 4) is 22.6 Å². The fraction of sp³-hybridized carbons (Fsp3) is 0.368. The van der Waals surface area contributed by atoms with E-state index in [1.807, 2.05) is 13.0 Å². The summed E-state index contributed by atoms with van der Waals surface area (Å²) < 4.78 is 21.2. The monoisotopic (exact) mass is 362 g/mol. The van der Waals surface area contributed by atoms with Gasteiger partial charge < -0.3 is 15.2 Å². The van der Waals surface area contributed by atoms with Crippen molar-refractivity contribution < 1.29 is 14.2 Å². The number of nitrogens with zero attached hydrogens (tertiary/aromatic N) is 1. The van der Waals surface area contributed by atoms with Gasteiger partial charge in [-0.25, -0.2) is 4.39 Å². The first-order valence-electron chi connectivity index (χ1n) is 8.43. The Labute approximate surface area is 151 Å². The Bertz CT molecular complexity index is 807. The lowest BCUT2D eigenvalue weighted by molar-refractivity contribution is 0.119. The number of rotatable bonds is 1. The molecule has 2 aromatic carbocycles. The van der Waals surface area contributed by atoms with Crippen molar-refractivity contribution in [2.24, 2.45) is 0 Å². The molecule has 0 aliphatic carbocycles. The summed E-state index contributed by atoms with van der Waals surface area (Å²) in [7, 11) is 0. The van der Waals surface area contributed by atoms with Crippen LogP contribution in [0.3, 0.4) is 0 Å². The maximum atomic E-state index is 15.4. The maximum Gasteiger partial charge on any atom is 0.174 e. The van der Waals surface area contributed by atoms with Crippen LogP contribution in [0.15, 0.2) is 24.3 Å². The van der Waals surface area contributed by atoms with Crippen molar-refractivity contribution >= 4 is 11.6 Å². The largest absolute Gasteiger partial charge is 0.507 e. The van der Waals surface area contributed by atoms with E-state index in [1.165, 1.54) is 6.07 Å². The van der Waals surface area contributed by atoms with Crippen molar-refractivity contribution in [1.82, 2.24) is 10.2 Å². The molecule has 132 valence electrons. The molecule has 4 rings (SSSR count). The van der Waals surface area contributed by atoms with E-state index in [0.29, 0.717) is 18.7 Å². The normalized spacial score (nSPS) is 20.4. The highest BCUT2D eigenvalue weighted by molar-refractivity contribution is 6.33. The van der Waals surface area contributed by atoms with Crippen molar-refractivity contribution in [2.45, 2.75) is 19.5 Å². The summed E-state index contributed by atoms with van der Waals surface area (Å²) in [5, 5.41) is 13.9. The molecule has 0 unspecified atom stereocenters. The van der Waals surface area contributed by atoms with Gasteiger partial charge in [0.2, 0.25) is 0 Å². The van der Waals surface area contributed by atoms with Crippen LogP contribution in [0.4, 0.5) is 4.39 Å². The van der Waals surface area contributed by atoms with E-state index in [9.17, 15) is 5.11 Å². The fourth-order valence-electron chi connectivity index (χ4n) is 3.70. The Morgan fingerprint density at radius 3 is 3.00 bits per heavy atom. The lowest BCUT2D eigenvalue weighted by Gasteiger charge is -2.33. The standard InChI is InChI=1S/C19H20ClFN2O2/c1-11-3-2-4-15(24)16(11)17-14(20)7-12-9-23-6-5-22-8-13(23)10-25-19(12)18(17)21/h2-4,7,13,22,24H,5-6,8-10H2,1H3/t13-/m1/s1. The van der Waals surface area contributed by atoms with Gasteiger partial charge in [0.05, 0.1) is 11.1 Å². The number of fused-ring (bicyclic) bond motifs is 2. The zero-order valence-corrected chi connectivity index (χ0v) is 14.7. The molecule has 1 saturated heterocycles. The topological polar surface area (TPSA) is 44.7 Å². The molecule has 2 aromatic rings. The Balaban J connectivity index is 1.84. The Morgan fingerprint density at radius 1 is 1.36 bits per heavy atom. The average Bonchev–Trinajstić information content (AvgIpc) is 2.76. The van der Waals surface area contributed by atoms with Crippen LogP contribution in [0.25, 0.3) is 11.1 Å². The van der Waals surface area contributed by atoms with Crippen LogP contribution >= 0.6 is 11.6 Å². The van der Waals surface area contributed by atoms with Gasteiger partial charge in [-0.1, -0.05) is 23.7 Å². The highest BCUT2D eigenvalue weighted by atomic mass is 35.5. The second-order valence-corrected chi connectivity index (χ2v) is 7.05. The number of benzene rings is 2. The van der Waals surface area contributed by atoms with Crippen molar-refractivity contribution in [3.63, 3.8) is 0 Å². The maximum absolute atomic E-state index is 15.4. The van der Waals surface area contributed by atoms with Gasteiger partial charge in [0.1, 0.15) is 12.4 Å². The van der Waals surface area contributed by atoms with Crippen LogP contribution in [0.5, 0.6) is 11.5 Å². The molecule has 0 saturated carbocycles. The number of aryl methyl sites for hydroxylation is 1. The quantitative estimate of drug-likeness (QED) is 0.816. The summed E-state index contributed by atoms with van der Waals surface area (Å²) >= 11 is 6.44. The van der Waals surface area contributed by atoms with Gasteiger partial charge in [0, 0.05) is 42.9 Å². The number of phenols is 1. The molecule has 0 aromatic heterocycles. The highest BCUT2D eigenvalue weighted by Gasteiger charge is 2.31. The number of ether oxygens (including phenoxy) is 1. The molecule has 2 N–H and O–H groups in total. The lowest BCUT2D eigenvalue weighted by Crippen LogP contribution is -2.52. The van der Waals surface area contributed by atoms with E-state index in [4.69, 9.17) is 16.3 Å². The fourth-order valence-corrected chi connectivity index (χ4v) is 4.01. The summed E-state index contributed by atoms with van der Waals surface area (Å²) in [5.74, 6) is -0.243. The minimum Gasteiger partial charge on any atom is -0.507 e. The van der Waals surface area contributed by atoms with E-state index in [1.54, 1.807) is 12.1 Å². The van der Waals surface area contributed by atoms with Gasteiger partial charge in [-0.15, -0.1) is 0 Å². The smallest absolute Gasteiger partial charge is 0.174 e. The van der Waals surface area contributed by atoms with E-state index >= 15 is 4.39 Å². The van der Waals surface area contributed by atoms with Crippen LogP contribution in [0.1, 0.15) is 11.1 Å². The first-order valence-corrected chi connectivity index (χ1v) is 8.81. The number of halogens is 2. The number of piperazine rings is 1. The molecule has 2 heterocycles. The van der Waals surface area contributed by atoms with Gasteiger partial charge in [0.25, 0.3) is 0 Å². The third-order valence-corrected chi connectivity index (χ3v) is 5.31. The van der Waals surface area contributed by atoms with Gasteiger partial charge >= 0.3 is 0 Å². The molecular weight excluding hydrogens is 343 g/mol. The Morgan fingerprint density at radius 2 is 2.20 bits per heavy atom. The number of hydrogen-bond donors (Lipinski definition) is 2. The molecule has 0 spiro atoms. The first kappa shape index (κ1) is 16.6. The molecule has 0 amide bonds. The second kappa shape index (κ2) is 6.48. The molecule has 2 aliphatic rings. The molecular formula is C19H20ClFN2O2. The van der Waals surface area contributed by atoms with E-state index in [0.717, 1.165) is 30.8 Å². The summed E-state index contributed by atoms with van der Waals surface area (Å²) in [6.45, 7) is 5.50. The molecule has 25 heavy (non-hydrogen) atoms. The molecule has 0 bridgehead atoms. The van der Waals surface area contributed by atoms with E-state index in [2.05, 4.69) is 10.2 Å². The average molecular weight is 363 g/mol. The minimum atomic E-state index is -0.500. The number of nitrogens with one attached hydrogen (secondary N) is 1. The minimum absolute atomic E-state index is 0.0102. The van der Waals surface area contributed by atoms with Crippen LogP contribution in [-0.4, -0.2) is 42.3 Å². The Kier molecular flexibility index (Phi) is 4.31. The van der Waals surface area contributed by atoms with Crippen LogP contribution < -0.4 is 10.1 Å². The molecule has 0 radical (unpaired) electrons. The Hall–Kier alpha value is -1.82. The summed E-state index contributed by atoms with van der Waals surface area (Å²) in [6, 6.07) is 7.07. The predicted molar refractivity (Wildman–Crippen MR) is 95.8 cm³/mol. The molecule has 4 nitrogen and oxygen atoms in total. The lowest BCUT2D eigenvalue weighted by atomic mass is 9.97. The zero-order chi connectivity index (χ0) is 17.6. The number of phenolic OH excluding ortho intramolecular Hbond substituents is 1. The van der Waals surface area contributed by atoms with Crippen LogP contribution in [-0.2, 0) is 6.54 Å². The molecule has 1 atom stereocenters. The van der Waals surface area contributed by atoms with Crippen LogP contribution in [0.2, 0.25) is 5.02 Å². The third kappa shape index (κ3) is 2.86. The summed E-state index contributed by atoms with van der Waals surface area (Å²) in [6.07, 6.45) is 0. The third-order valence-electron chi connectivity index (χ3n) is 5.02. The predicted octanol–water partition coefficient (Wildman–Crippen LogP) is 3.33.